The Labute approximate surface area is 94.1 Å². The summed E-state index contributed by atoms with van der Waals surface area (Å²) in [5, 5.41) is 12.5. The Balaban J connectivity index is 2.82. The number of carboxylic acid groups (broad SMARTS) is 1. The molecule has 0 fully saturated rings. The van der Waals surface area contributed by atoms with Crippen molar-refractivity contribution in [2.45, 2.75) is 19.8 Å². The quantitative estimate of drug-likeness (QED) is 0.760. The van der Waals surface area contributed by atoms with Gasteiger partial charge in [-0.1, -0.05) is 24.9 Å². The predicted octanol–water partition coefficient (Wildman–Crippen LogP) is 3.25. The van der Waals surface area contributed by atoms with E-state index in [-0.39, 0.29) is 5.56 Å². The first kappa shape index (κ1) is 11.9. The lowest BCUT2D eigenvalue weighted by atomic mass is 10.1. The molecule has 1 aromatic rings. The van der Waals surface area contributed by atoms with E-state index in [0.29, 0.717) is 10.7 Å². The number of aromatic carboxylic acids is 1. The fourth-order valence-electron chi connectivity index (χ4n) is 1.25. The molecular weight excluding hydrogens is 214 g/mol. The number of hydrogen-bond donors (Lipinski definition) is 2. The second-order valence-electron chi connectivity index (χ2n) is 3.28. The zero-order valence-electron chi connectivity index (χ0n) is 8.59. The fourth-order valence-corrected chi connectivity index (χ4v) is 1.42. The third kappa shape index (κ3) is 3.44. The molecule has 0 radical (unpaired) electrons. The van der Waals surface area contributed by atoms with E-state index in [1.165, 1.54) is 6.07 Å². The minimum Gasteiger partial charge on any atom is -0.478 e. The molecule has 15 heavy (non-hydrogen) atoms. The van der Waals surface area contributed by atoms with Crippen LogP contribution in [0.5, 0.6) is 0 Å². The highest BCUT2D eigenvalue weighted by atomic mass is 35.5. The van der Waals surface area contributed by atoms with Crippen molar-refractivity contribution in [3.8, 4) is 0 Å². The Morgan fingerprint density at radius 1 is 1.53 bits per heavy atom. The summed E-state index contributed by atoms with van der Waals surface area (Å²) in [4.78, 5) is 10.9. The number of nitrogens with one attached hydrogen (secondary N) is 1. The Bertz CT molecular complexity index is 352. The standard InChI is InChI=1S/C11H14ClNO2/c1-2-3-6-13-10-7-8(12)4-5-9(10)11(14)15/h4-5,7,13H,2-3,6H2,1H3,(H,14,15). The van der Waals surface area contributed by atoms with Gasteiger partial charge in [0.15, 0.2) is 0 Å². The third-order valence-corrected chi connectivity index (χ3v) is 2.29. The molecule has 0 bridgehead atoms. The molecule has 0 saturated carbocycles. The molecule has 82 valence electrons. The van der Waals surface area contributed by atoms with Crippen LogP contribution in [-0.4, -0.2) is 17.6 Å². The number of carbonyl (C=O) groups is 1. The molecule has 0 atom stereocenters. The van der Waals surface area contributed by atoms with Gasteiger partial charge < -0.3 is 10.4 Å². The summed E-state index contributed by atoms with van der Waals surface area (Å²) in [5.41, 5.74) is 0.846. The summed E-state index contributed by atoms with van der Waals surface area (Å²) in [6.45, 7) is 2.84. The summed E-state index contributed by atoms with van der Waals surface area (Å²) in [7, 11) is 0. The van der Waals surface area contributed by atoms with Crippen LogP contribution in [0.25, 0.3) is 0 Å². The first-order chi connectivity index (χ1) is 7.15. The molecule has 0 aliphatic carbocycles. The second-order valence-corrected chi connectivity index (χ2v) is 3.71. The van der Waals surface area contributed by atoms with Crippen LogP contribution in [0.15, 0.2) is 18.2 Å². The van der Waals surface area contributed by atoms with Gasteiger partial charge in [0.25, 0.3) is 0 Å². The highest BCUT2D eigenvalue weighted by Gasteiger charge is 2.09. The molecule has 0 amide bonds. The second kappa shape index (κ2) is 5.61. The van der Waals surface area contributed by atoms with Gasteiger partial charge in [-0.3, -0.25) is 0 Å². The molecular formula is C11H14ClNO2. The van der Waals surface area contributed by atoms with Crippen LogP contribution in [0.2, 0.25) is 5.02 Å². The molecule has 2 N–H and O–H groups in total. The van der Waals surface area contributed by atoms with Crippen molar-refractivity contribution in [2.24, 2.45) is 0 Å². The van der Waals surface area contributed by atoms with Gasteiger partial charge in [-0.15, -0.1) is 0 Å². The van der Waals surface area contributed by atoms with Crippen molar-refractivity contribution in [3.63, 3.8) is 0 Å². The summed E-state index contributed by atoms with van der Waals surface area (Å²) >= 11 is 5.80. The maximum Gasteiger partial charge on any atom is 0.337 e. The average molecular weight is 228 g/mol. The van der Waals surface area contributed by atoms with Crippen molar-refractivity contribution < 1.29 is 9.90 Å². The number of rotatable bonds is 5. The maximum absolute atomic E-state index is 10.9. The molecule has 0 aromatic heterocycles. The lowest BCUT2D eigenvalue weighted by Crippen LogP contribution is -2.07. The van der Waals surface area contributed by atoms with E-state index in [1.54, 1.807) is 12.1 Å². The first-order valence-electron chi connectivity index (χ1n) is 4.92. The van der Waals surface area contributed by atoms with Crippen LogP contribution in [0.3, 0.4) is 0 Å². The lowest BCUT2D eigenvalue weighted by Gasteiger charge is -2.09. The summed E-state index contributed by atoms with van der Waals surface area (Å²) in [6.07, 6.45) is 2.07. The van der Waals surface area contributed by atoms with Gasteiger partial charge >= 0.3 is 5.97 Å². The Hall–Kier alpha value is -1.22. The van der Waals surface area contributed by atoms with Crippen molar-refractivity contribution in [1.29, 1.82) is 0 Å². The molecule has 1 rings (SSSR count). The van der Waals surface area contributed by atoms with Crippen molar-refractivity contribution in [1.82, 2.24) is 0 Å². The topological polar surface area (TPSA) is 49.3 Å². The van der Waals surface area contributed by atoms with Crippen LogP contribution in [0.4, 0.5) is 5.69 Å². The number of halogens is 1. The maximum atomic E-state index is 10.9. The average Bonchev–Trinajstić information content (AvgIpc) is 2.18. The molecule has 0 heterocycles. The van der Waals surface area contributed by atoms with Gasteiger partial charge in [0.2, 0.25) is 0 Å². The molecule has 1 aromatic carbocycles. The number of unbranched alkanes of at least 4 members (excludes halogenated alkanes) is 1. The van der Waals surface area contributed by atoms with E-state index < -0.39 is 5.97 Å². The molecule has 0 spiro atoms. The van der Waals surface area contributed by atoms with Gasteiger partial charge in [0, 0.05) is 11.6 Å². The molecule has 0 aliphatic heterocycles. The van der Waals surface area contributed by atoms with Gasteiger partial charge in [-0.25, -0.2) is 4.79 Å². The largest absolute Gasteiger partial charge is 0.478 e. The number of benzene rings is 1. The first-order valence-corrected chi connectivity index (χ1v) is 5.29. The monoisotopic (exact) mass is 227 g/mol. The van der Waals surface area contributed by atoms with Crippen LogP contribution in [-0.2, 0) is 0 Å². The molecule has 0 aliphatic rings. The van der Waals surface area contributed by atoms with Crippen LogP contribution < -0.4 is 5.32 Å². The van der Waals surface area contributed by atoms with Crippen molar-refractivity contribution >= 4 is 23.3 Å². The lowest BCUT2D eigenvalue weighted by molar-refractivity contribution is 0.0698. The summed E-state index contributed by atoms with van der Waals surface area (Å²) in [5.74, 6) is -0.939. The van der Waals surface area contributed by atoms with Crippen molar-refractivity contribution in [3.05, 3.63) is 28.8 Å². The molecule has 4 heteroatoms. The van der Waals surface area contributed by atoms with Gasteiger partial charge in [-0.2, -0.15) is 0 Å². The highest BCUT2D eigenvalue weighted by molar-refractivity contribution is 6.31. The number of anilines is 1. The minimum atomic E-state index is -0.939. The Morgan fingerprint density at radius 3 is 2.87 bits per heavy atom. The van der Waals surface area contributed by atoms with E-state index in [4.69, 9.17) is 16.7 Å². The molecule has 3 nitrogen and oxygen atoms in total. The fraction of sp³-hybridized carbons (Fsp3) is 0.364. The van der Waals surface area contributed by atoms with E-state index in [0.717, 1.165) is 19.4 Å². The van der Waals surface area contributed by atoms with E-state index in [2.05, 4.69) is 12.2 Å². The highest BCUT2D eigenvalue weighted by Crippen LogP contribution is 2.21. The zero-order chi connectivity index (χ0) is 11.3. The van der Waals surface area contributed by atoms with Gasteiger partial charge in [-0.05, 0) is 24.6 Å². The smallest absolute Gasteiger partial charge is 0.337 e. The molecule has 0 saturated heterocycles. The predicted molar refractivity (Wildman–Crippen MR) is 61.8 cm³/mol. The summed E-state index contributed by atoms with van der Waals surface area (Å²) in [6, 6.07) is 4.73. The third-order valence-electron chi connectivity index (χ3n) is 2.06. The number of carboxylic acids is 1. The van der Waals surface area contributed by atoms with Crippen molar-refractivity contribution in [2.75, 3.05) is 11.9 Å². The Kier molecular flexibility index (Phi) is 4.43. The molecule has 0 unspecified atom stereocenters. The van der Waals surface area contributed by atoms with Gasteiger partial charge in [0.05, 0.1) is 11.3 Å². The van der Waals surface area contributed by atoms with Crippen LogP contribution in [0.1, 0.15) is 30.1 Å². The Morgan fingerprint density at radius 2 is 2.27 bits per heavy atom. The van der Waals surface area contributed by atoms with Gasteiger partial charge in [0.1, 0.15) is 0 Å². The zero-order valence-corrected chi connectivity index (χ0v) is 9.34. The normalized spacial score (nSPS) is 10.0. The van der Waals surface area contributed by atoms with E-state index in [9.17, 15) is 4.79 Å². The SMILES string of the molecule is CCCCNc1cc(Cl)ccc1C(=O)O. The summed E-state index contributed by atoms with van der Waals surface area (Å²) < 4.78 is 0. The van der Waals surface area contributed by atoms with Crippen LogP contribution in [0, 0.1) is 0 Å². The van der Waals surface area contributed by atoms with E-state index in [1.807, 2.05) is 0 Å². The van der Waals surface area contributed by atoms with E-state index >= 15 is 0 Å². The van der Waals surface area contributed by atoms with Crippen LogP contribution >= 0.6 is 11.6 Å². The number of hydrogen-bond acceptors (Lipinski definition) is 2. The minimum absolute atomic E-state index is 0.260.